The van der Waals surface area contributed by atoms with Crippen LogP contribution in [-0.4, -0.2) is 50.2 Å². The van der Waals surface area contributed by atoms with Crippen LogP contribution < -0.4 is 4.72 Å². The summed E-state index contributed by atoms with van der Waals surface area (Å²) in [6.45, 7) is 8.27. The largest absolute Gasteiger partial charge is 0.308 e. The Morgan fingerprint density at radius 1 is 1.30 bits per heavy atom. The number of hydrogen-bond acceptors (Lipinski definition) is 4. The number of aromatic nitrogens is 2. The van der Waals surface area contributed by atoms with Crippen LogP contribution in [0, 0.1) is 19.8 Å². The topological polar surface area (TPSA) is 78.1 Å². The third-order valence-electron chi connectivity index (χ3n) is 2.99. The number of aryl methyl sites for hydroxylation is 2. The second-order valence-electron chi connectivity index (χ2n) is 5.97. The summed E-state index contributed by atoms with van der Waals surface area (Å²) in [4.78, 5) is 2.26. The van der Waals surface area contributed by atoms with E-state index in [0.29, 0.717) is 23.9 Å². The maximum absolute atomic E-state index is 12.5. The van der Waals surface area contributed by atoms with Gasteiger partial charge in [0.05, 0.1) is 11.4 Å². The molecule has 0 aromatic carbocycles. The molecule has 0 aliphatic carbocycles. The van der Waals surface area contributed by atoms with Crippen LogP contribution in [0.4, 0.5) is 0 Å². The zero-order chi connectivity index (χ0) is 15.5. The number of sulfonamides is 1. The van der Waals surface area contributed by atoms with Gasteiger partial charge in [0.1, 0.15) is 4.90 Å². The van der Waals surface area contributed by atoms with Crippen LogP contribution in [0.3, 0.4) is 0 Å². The van der Waals surface area contributed by atoms with Crippen molar-refractivity contribution in [2.24, 2.45) is 5.92 Å². The van der Waals surface area contributed by atoms with Crippen molar-refractivity contribution in [3.8, 4) is 0 Å². The molecule has 1 rings (SSSR count). The van der Waals surface area contributed by atoms with Gasteiger partial charge >= 0.3 is 0 Å². The van der Waals surface area contributed by atoms with Crippen LogP contribution in [0.2, 0.25) is 0 Å². The van der Waals surface area contributed by atoms with Crippen molar-refractivity contribution in [1.82, 2.24) is 19.8 Å². The highest BCUT2D eigenvalue weighted by atomic mass is 32.2. The molecule has 0 saturated heterocycles. The van der Waals surface area contributed by atoms with Gasteiger partial charge in [0, 0.05) is 12.6 Å². The highest BCUT2D eigenvalue weighted by Gasteiger charge is 2.26. The van der Waals surface area contributed by atoms with Gasteiger partial charge in [-0.05, 0) is 40.3 Å². The molecule has 0 aliphatic rings. The summed E-state index contributed by atoms with van der Waals surface area (Å²) < 4.78 is 27.8. The van der Waals surface area contributed by atoms with Gasteiger partial charge in [-0.1, -0.05) is 13.8 Å². The Hall–Kier alpha value is -0.920. The summed E-state index contributed by atoms with van der Waals surface area (Å²) in [5, 5.41) is 6.68. The van der Waals surface area contributed by atoms with E-state index in [0.717, 1.165) is 6.42 Å². The van der Waals surface area contributed by atoms with Gasteiger partial charge in [-0.15, -0.1) is 0 Å². The first-order valence-corrected chi connectivity index (χ1v) is 8.30. The number of nitrogens with zero attached hydrogens (tertiary/aromatic N) is 2. The van der Waals surface area contributed by atoms with E-state index < -0.39 is 10.0 Å². The molecule has 1 heterocycles. The van der Waals surface area contributed by atoms with Crippen LogP contribution in [-0.2, 0) is 10.0 Å². The van der Waals surface area contributed by atoms with E-state index in [1.165, 1.54) is 0 Å². The molecule has 1 aromatic rings. The lowest BCUT2D eigenvalue weighted by atomic mass is 10.0. The first-order chi connectivity index (χ1) is 9.13. The second kappa shape index (κ2) is 6.69. The van der Waals surface area contributed by atoms with Crippen molar-refractivity contribution >= 4 is 10.0 Å². The number of aromatic amines is 1. The van der Waals surface area contributed by atoms with Crippen LogP contribution in [0.15, 0.2) is 4.90 Å². The van der Waals surface area contributed by atoms with Crippen LogP contribution in [0.25, 0.3) is 0 Å². The van der Waals surface area contributed by atoms with Crippen LogP contribution in [0.5, 0.6) is 0 Å². The molecule has 0 amide bonds. The first-order valence-electron chi connectivity index (χ1n) is 6.82. The molecular formula is C13H26N4O2S. The quantitative estimate of drug-likeness (QED) is 0.795. The third-order valence-corrected chi connectivity index (χ3v) is 4.78. The summed E-state index contributed by atoms with van der Waals surface area (Å²) in [5.41, 5.74) is 1.08. The highest BCUT2D eigenvalue weighted by molar-refractivity contribution is 7.89. The van der Waals surface area contributed by atoms with Crippen molar-refractivity contribution in [2.45, 2.75) is 45.1 Å². The number of nitrogens with one attached hydrogen (secondary N) is 2. The Morgan fingerprint density at radius 3 is 2.30 bits per heavy atom. The van der Waals surface area contributed by atoms with Crippen molar-refractivity contribution < 1.29 is 8.42 Å². The fourth-order valence-electron chi connectivity index (χ4n) is 2.38. The zero-order valence-corrected chi connectivity index (χ0v) is 14.0. The van der Waals surface area contributed by atoms with Gasteiger partial charge in [-0.3, -0.25) is 5.10 Å². The molecule has 1 atom stereocenters. The van der Waals surface area contributed by atoms with E-state index >= 15 is 0 Å². The second-order valence-corrected chi connectivity index (χ2v) is 7.62. The average molecular weight is 302 g/mol. The molecule has 7 heteroatoms. The summed E-state index contributed by atoms with van der Waals surface area (Å²) in [6, 6.07) is -0.108. The van der Waals surface area contributed by atoms with E-state index in [9.17, 15) is 8.42 Å². The van der Waals surface area contributed by atoms with E-state index in [-0.39, 0.29) is 10.9 Å². The van der Waals surface area contributed by atoms with Gasteiger partial charge < -0.3 is 4.90 Å². The Balaban J connectivity index is 2.97. The Bertz CT molecular complexity index is 505. The van der Waals surface area contributed by atoms with Crippen LogP contribution >= 0.6 is 0 Å². The number of likely N-dealkylation sites (N-methyl/N-ethyl adjacent to an activating group) is 1. The minimum Gasteiger partial charge on any atom is -0.308 e. The van der Waals surface area contributed by atoms with Crippen molar-refractivity contribution in [3.63, 3.8) is 0 Å². The molecule has 2 N–H and O–H groups in total. The minimum absolute atomic E-state index is 0.108. The molecule has 1 aromatic heterocycles. The third kappa shape index (κ3) is 4.57. The van der Waals surface area contributed by atoms with E-state index in [4.69, 9.17) is 0 Å². The number of rotatable bonds is 7. The van der Waals surface area contributed by atoms with E-state index in [1.807, 2.05) is 19.0 Å². The van der Waals surface area contributed by atoms with Gasteiger partial charge in [-0.25, -0.2) is 13.1 Å². The molecule has 0 bridgehead atoms. The summed E-state index contributed by atoms with van der Waals surface area (Å²) >= 11 is 0. The Morgan fingerprint density at radius 2 is 1.90 bits per heavy atom. The summed E-state index contributed by atoms with van der Waals surface area (Å²) in [5.74, 6) is 0.425. The Kier molecular flexibility index (Phi) is 5.73. The summed E-state index contributed by atoms with van der Waals surface area (Å²) in [6.07, 6.45) is 0.799. The number of hydrogen-bond donors (Lipinski definition) is 2. The normalized spacial score (nSPS) is 14.2. The molecule has 20 heavy (non-hydrogen) atoms. The zero-order valence-electron chi connectivity index (χ0n) is 13.2. The molecule has 116 valence electrons. The predicted octanol–water partition coefficient (Wildman–Crippen LogP) is 1.28. The minimum atomic E-state index is -3.54. The lowest BCUT2D eigenvalue weighted by molar-refractivity contribution is 0.329. The van der Waals surface area contributed by atoms with Crippen molar-refractivity contribution in [3.05, 3.63) is 11.4 Å². The molecule has 0 aliphatic heterocycles. The highest BCUT2D eigenvalue weighted by Crippen LogP contribution is 2.18. The molecular weight excluding hydrogens is 276 g/mol. The first kappa shape index (κ1) is 17.1. The number of H-pyrrole nitrogens is 1. The lowest BCUT2D eigenvalue weighted by Crippen LogP contribution is -2.42. The molecule has 0 spiro atoms. The lowest BCUT2D eigenvalue weighted by Gasteiger charge is -2.23. The molecule has 0 radical (unpaired) electrons. The van der Waals surface area contributed by atoms with Gasteiger partial charge in [0.2, 0.25) is 10.0 Å². The van der Waals surface area contributed by atoms with Gasteiger partial charge in [0.25, 0.3) is 0 Å². The Labute approximate surface area is 122 Å². The molecule has 0 saturated carbocycles. The monoisotopic (exact) mass is 302 g/mol. The van der Waals surface area contributed by atoms with E-state index in [2.05, 4.69) is 28.8 Å². The standard InChI is InChI=1S/C13H26N4O2S/c1-9(2)7-12(8-17(5)6)16-20(18,19)13-10(3)14-15-11(13)4/h9,12,16H,7-8H2,1-6H3,(H,14,15). The maximum atomic E-state index is 12.5. The van der Waals surface area contributed by atoms with Crippen LogP contribution in [0.1, 0.15) is 31.7 Å². The van der Waals surface area contributed by atoms with Crippen molar-refractivity contribution in [2.75, 3.05) is 20.6 Å². The average Bonchev–Trinajstić information content (AvgIpc) is 2.55. The summed E-state index contributed by atoms with van der Waals surface area (Å²) in [7, 11) is 0.342. The fourth-order valence-corrected chi connectivity index (χ4v) is 4.00. The predicted molar refractivity (Wildman–Crippen MR) is 80.2 cm³/mol. The fraction of sp³-hybridized carbons (Fsp3) is 0.769. The van der Waals surface area contributed by atoms with E-state index in [1.54, 1.807) is 13.8 Å². The van der Waals surface area contributed by atoms with Crippen molar-refractivity contribution in [1.29, 1.82) is 0 Å². The van der Waals surface area contributed by atoms with Gasteiger partial charge in [-0.2, -0.15) is 5.10 Å². The maximum Gasteiger partial charge on any atom is 0.244 e. The van der Waals surface area contributed by atoms with Gasteiger partial charge in [0.15, 0.2) is 0 Å². The molecule has 6 nitrogen and oxygen atoms in total. The molecule has 0 fully saturated rings. The smallest absolute Gasteiger partial charge is 0.244 e. The molecule has 1 unspecified atom stereocenters. The SMILES string of the molecule is Cc1n[nH]c(C)c1S(=O)(=O)NC(CC(C)C)CN(C)C.